The van der Waals surface area contributed by atoms with E-state index in [-0.39, 0.29) is 37.7 Å². The lowest BCUT2D eigenvalue weighted by Crippen LogP contribution is -2.38. The van der Waals surface area contributed by atoms with Crippen molar-refractivity contribution in [3.63, 3.8) is 0 Å². The number of nitro benzene ring substituents is 1. The molecule has 0 aliphatic carbocycles. The molecule has 4 aromatic rings. The summed E-state index contributed by atoms with van der Waals surface area (Å²) in [4.78, 5) is 27.3. The first-order valence-electron chi connectivity index (χ1n) is 11.8. The highest BCUT2D eigenvalue weighted by atomic mass is 35.5. The predicted molar refractivity (Wildman–Crippen MR) is 158 cm³/mol. The van der Waals surface area contributed by atoms with Gasteiger partial charge in [0.1, 0.15) is 12.3 Å². The van der Waals surface area contributed by atoms with Crippen molar-refractivity contribution in [1.29, 1.82) is 0 Å². The van der Waals surface area contributed by atoms with Gasteiger partial charge in [0.2, 0.25) is 5.91 Å². The molecular weight excluding hydrogens is 630 g/mol. The molecule has 0 bridgehead atoms. The molecule has 0 spiro atoms. The van der Waals surface area contributed by atoms with E-state index in [0.717, 1.165) is 21.7 Å². The average molecular weight is 652 g/mol. The van der Waals surface area contributed by atoms with Crippen LogP contribution in [0.2, 0.25) is 5.02 Å². The fourth-order valence-corrected chi connectivity index (χ4v) is 7.13. The Morgan fingerprint density at radius 3 is 2.38 bits per heavy atom. The van der Waals surface area contributed by atoms with E-state index in [4.69, 9.17) is 16.3 Å². The summed E-state index contributed by atoms with van der Waals surface area (Å²) < 4.78 is 61.2. The standard InChI is InChI=1S/C25H22ClN5O8S3/c1-16-3-7-20(14-21(16)31(33)34)42(37,38)30(22-13-17(26)4-10-23(22)39-2)15-24(32)28-18-5-8-19(9-6-18)41(35,36)29-25-27-11-12-40-25/h3-14H,15H2,1-2H3,(H,27,29)(H,28,32). The Kier molecular flexibility index (Phi) is 9.00. The first-order valence-corrected chi connectivity index (χ1v) is 15.9. The number of hydrogen-bond donors (Lipinski definition) is 2. The van der Waals surface area contributed by atoms with Gasteiger partial charge >= 0.3 is 0 Å². The van der Waals surface area contributed by atoms with Crippen molar-refractivity contribution >= 4 is 71.1 Å². The first kappa shape index (κ1) is 30.7. The molecule has 2 N–H and O–H groups in total. The number of hydrogen-bond acceptors (Lipinski definition) is 10. The Hall–Kier alpha value is -4.25. The summed E-state index contributed by atoms with van der Waals surface area (Å²) in [7, 11) is -7.21. The van der Waals surface area contributed by atoms with Gasteiger partial charge in [0.25, 0.3) is 25.7 Å². The van der Waals surface area contributed by atoms with Gasteiger partial charge in [-0.05, 0) is 55.5 Å². The second-order valence-electron chi connectivity index (χ2n) is 8.55. The van der Waals surface area contributed by atoms with Crippen LogP contribution in [0.4, 0.5) is 22.2 Å². The molecular formula is C25H22ClN5O8S3. The number of carbonyl (C=O) groups excluding carboxylic acids is 1. The summed E-state index contributed by atoms with van der Waals surface area (Å²) >= 11 is 7.24. The van der Waals surface area contributed by atoms with E-state index in [2.05, 4.69) is 15.0 Å². The van der Waals surface area contributed by atoms with Crippen molar-refractivity contribution < 1.29 is 31.3 Å². The molecule has 4 rings (SSSR count). The zero-order valence-corrected chi connectivity index (χ0v) is 25.1. The van der Waals surface area contributed by atoms with Crippen LogP contribution < -0.4 is 19.1 Å². The van der Waals surface area contributed by atoms with Gasteiger partial charge in [0.05, 0.1) is 27.5 Å². The maximum absolute atomic E-state index is 13.8. The van der Waals surface area contributed by atoms with Crippen LogP contribution in [0.3, 0.4) is 0 Å². The van der Waals surface area contributed by atoms with Crippen LogP contribution >= 0.6 is 22.9 Å². The van der Waals surface area contributed by atoms with Crippen molar-refractivity contribution in [2.45, 2.75) is 16.7 Å². The minimum Gasteiger partial charge on any atom is -0.495 e. The Bertz CT molecular complexity index is 1850. The van der Waals surface area contributed by atoms with E-state index in [0.29, 0.717) is 0 Å². The van der Waals surface area contributed by atoms with Gasteiger partial charge < -0.3 is 10.1 Å². The molecule has 0 aliphatic heterocycles. The smallest absolute Gasteiger partial charge is 0.273 e. The highest BCUT2D eigenvalue weighted by Crippen LogP contribution is 2.36. The molecule has 0 unspecified atom stereocenters. The third-order valence-corrected chi connectivity index (χ3v) is 9.93. The molecule has 1 aromatic heterocycles. The Balaban J connectivity index is 1.64. The number of aromatic nitrogens is 1. The minimum absolute atomic E-state index is 0.0691. The highest BCUT2D eigenvalue weighted by Gasteiger charge is 2.31. The topological polar surface area (TPSA) is 178 Å². The lowest BCUT2D eigenvalue weighted by Gasteiger charge is -2.26. The molecule has 220 valence electrons. The lowest BCUT2D eigenvalue weighted by atomic mass is 10.2. The number of amides is 1. The zero-order valence-electron chi connectivity index (χ0n) is 21.8. The number of carbonyl (C=O) groups is 1. The summed E-state index contributed by atoms with van der Waals surface area (Å²) in [6, 6.07) is 12.7. The third kappa shape index (κ3) is 6.79. The number of nitro groups is 1. The van der Waals surface area contributed by atoms with Gasteiger partial charge in [-0.3, -0.25) is 23.9 Å². The number of sulfonamides is 2. The average Bonchev–Trinajstić information content (AvgIpc) is 3.44. The maximum Gasteiger partial charge on any atom is 0.273 e. The van der Waals surface area contributed by atoms with Crippen molar-refractivity contribution in [1.82, 2.24) is 4.98 Å². The Labute approximate surface area is 250 Å². The third-order valence-electron chi connectivity index (χ3n) is 5.76. The number of halogens is 1. The number of anilines is 3. The molecule has 1 amide bonds. The second-order valence-corrected chi connectivity index (χ2v) is 13.4. The van der Waals surface area contributed by atoms with Gasteiger partial charge in [0, 0.05) is 33.9 Å². The molecule has 0 atom stereocenters. The van der Waals surface area contributed by atoms with Crippen LogP contribution in [0, 0.1) is 17.0 Å². The first-order chi connectivity index (χ1) is 19.8. The summed E-state index contributed by atoms with van der Waals surface area (Å²) in [5.74, 6) is -0.738. The van der Waals surface area contributed by atoms with E-state index in [1.54, 1.807) is 5.38 Å². The molecule has 0 fully saturated rings. The monoisotopic (exact) mass is 651 g/mol. The number of methoxy groups -OCH3 is 1. The summed E-state index contributed by atoms with van der Waals surface area (Å²) in [5.41, 5.74) is -0.0820. The van der Waals surface area contributed by atoms with Crippen LogP contribution in [-0.2, 0) is 24.8 Å². The quantitative estimate of drug-likeness (QED) is 0.172. The van der Waals surface area contributed by atoms with Gasteiger partial charge in [-0.2, -0.15) is 0 Å². The fourth-order valence-electron chi connectivity index (χ4n) is 3.73. The highest BCUT2D eigenvalue weighted by molar-refractivity contribution is 7.93. The van der Waals surface area contributed by atoms with Crippen LogP contribution in [0.15, 0.2) is 82.0 Å². The number of aryl methyl sites for hydroxylation is 1. The molecule has 0 saturated carbocycles. The van der Waals surface area contributed by atoms with Crippen molar-refractivity contribution in [3.05, 3.63) is 92.9 Å². The van der Waals surface area contributed by atoms with Gasteiger partial charge in [-0.1, -0.05) is 17.7 Å². The van der Waals surface area contributed by atoms with Crippen molar-refractivity contribution in [3.8, 4) is 5.75 Å². The summed E-state index contributed by atoms with van der Waals surface area (Å²) in [6.07, 6.45) is 1.45. The number of benzene rings is 3. The van der Waals surface area contributed by atoms with Crippen molar-refractivity contribution in [2.24, 2.45) is 0 Å². The maximum atomic E-state index is 13.8. The largest absolute Gasteiger partial charge is 0.495 e. The Morgan fingerprint density at radius 2 is 1.76 bits per heavy atom. The molecule has 0 aliphatic rings. The molecule has 13 nitrogen and oxygen atoms in total. The van der Waals surface area contributed by atoms with E-state index in [1.165, 1.54) is 74.8 Å². The molecule has 42 heavy (non-hydrogen) atoms. The van der Waals surface area contributed by atoms with E-state index >= 15 is 0 Å². The van der Waals surface area contributed by atoms with Crippen LogP contribution in [0.1, 0.15) is 5.56 Å². The molecule has 1 heterocycles. The minimum atomic E-state index is -4.58. The number of nitrogens with zero attached hydrogens (tertiary/aromatic N) is 3. The van der Waals surface area contributed by atoms with E-state index in [1.807, 2.05) is 0 Å². The second kappa shape index (κ2) is 12.3. The number of thiazole rings is 1. The molecule has 0 saturated heterocycles. The van der Waals surface area contributed by atoms with Crippen LogP contribution in [-0.4, -0.2) is 46.3 Å². The number of rotatable bonds is 11. The van der Waals surface area contributed by atoms with Gasteiger partial charge in [-0.25, -0.2) is 21.8 Å². The summed E-state index contributed by atoms with van der Waals surface area (Å²) in [5, 5.41) is 15.9. The zero-order chi connectivity index (χ0) is 30.7. The predicted octanol–water partition coefficient (Wildman–Crippen LogP) is 4.66. The normalized spacial score (nSPS) is 11.5. The Morgan fingerprint density at radius 1 is 1.07 bits per heavy atom. The number of nitrogens with one attached hydrogen (secondary N) is 2. The van der Waals surface area contributed by atoms with Crippen LogP contribution in [0.5, 0.6) is 5.75 Å². The van der Waals surface area contributed by atoms with Gasteiger partial charge in [0.15, 0.2) is 5.13 Å². The van der Waals surface area contributed by atoms with E-state index in [9.17, 15) is 31.7 Å². The molecule has 0 radical (unpaired) electrons. The van der Waals surface area contributed by atoms with Gasteiger partial charge in [-0.15, -0.1) is 11.3 Å². The molecule has 17 heteroatoms. The molecule has 3 aromatic carbocycles. The van der Waals surface area contributed by atoms with Crippen molar-refractivity contribution in [2.75, 3.05) is 28.0 Å². The van der Waals surface area contributed by atoms with E-state index < -0.39 is 48.0 Å². The fraction of sp³-hybridized carbons (Fsp3) is 0.120. The van der Waals surface area contributed by atoms with Crippen LogP contribution in [0.25, 0.3) is 0 Å². The number of ether oxygens (including phenoxy) is 1. The summed E-state index contributed by atoms with van der Waals surface area (Å²) in [6.45, 7) is 0.678. The SMILES string of the molecule is COc1ccc(Cl)cc1N(CC(=O)Nc1ccc(S(=O)(=O)Nc2nccs2)cc1)S(=O)(=O)c1ccc(C)c([N+](=O)[O-])c1. The lowest BCUT2D eigenvalue weighted by molar-refractivity contribution is -0.385.